The van der Waals surface area contributed by atoms with Crippen LogP contribution in [0.1, 0.15) is 52.1 Å². The maximum Gasteiger partial charge on any atom is 0.251 e. The molecular weight excluding hydrogens is 459 g/mol. The Labute approximate surface area is 197 Å². The SMILES string of the molecule is C=CCOc1cc(Cl)c(Cl)cc1[C@H](N[S@@](=O)C(C)(C)C)C1CCN(C(=O)[C@@H](C)O)CC1. The van der Waals surface area contributed by atoms with Gasteiger partial charge in [-0.15, -0.1) is 0 Å². The van der Waals surface area contributed by atoms with Gasteiger partial charge in [0.15, 0.2) is 0 Å². The minimum absolute atomic E-state index is 0.0765. The molecule has 1 fully saturated rings. The van der Waals surface area contributed by atoms with Gasteiger partial charge >= 0.3 is 0 Å². The van der Waals surface area contributed by atoms with Crippen molar-refractivity contribution in [2.45, 2.75) is 57.4 Å². The van der Waals surface area contributed by atoms with Crippen molar-refractivity contribution in [3.05, 3.63) is 40.4 Å². The molecule has 0 aromatic heterocycles. The fraction of sp³-hybridized carbons (Fsp3) is 0.591. The highest BCUT2D eigenvalue weighted by atomic mass is 35.5. The smallest absolute Gasteiger partial charge is 0.251 e. The number of carbonyl (C=O) groups excluding carboxylic acids is 1. The fourth-order valence-corrected chi connectivity index (χ4v) is 4.71. The van der Waals surface area contributed by atoms with Gasteiger partial charge in [-0.05, 0) is 52.5 Å². The van der Waals surface area contributed by atoms with Crippen LogP contribution in [0.5, 0.6) is 5.75 Å². The number of piperidine rings is 1. The van der Waals surface area contributed by atoms with Crippen molar-refractivity contribution in [1.82, 2.24) is 9.62 Å². The monoisotopic (exact) mass is 490 g/mol. The molecule has 9 heteroatoms. The fourth-order valence-electron chi connectivity index (χ4n) is 3.48. The van der Waals surface area contributed by atoms with E-state index in [-0.39, 0.29) is 17.9 Å². The molecule has 1 amide bonds. The van der Waals surface area contributed by atoms with Gasteiger partial charge in [-0.3, -0.25) is 4.79 Å². The van der Waals surface area contributed by atoms with Gasteiger partial charge in [0, 0.05) is 24.7 Å². The number of ether oxygens (including phenoxy) is 1. The zero-order valence-corrected chi connectivity index (χ0v) is 20.8. The summed E-state index contributed by atoms with van der Waals surface area (Å²) in [4.78, 5) is 13.8. The van der Waals surface area contributed by atoms with Crippen LogP contribution in [0.3, 0.4) is 0 Å². The summed E-state index contributed by atoms with van der Waals surface area (Å²) in [6.45, 7) is 12.2. The standard InChI is InChI=1S/C22H32Cl2N2O4S/c1-6-11-30-19-13-18(24)17(23)12-16(19)20(25-31(29)22(3,4)5)15-7-9-26(10-8-15)21(28)14(2)27/h6,12-15,20,25,27H,1,7-11H2,2-5H3/t14-,20-,31+/m1/s1. The number of hydrogen-bond donors (Lipinski definition) is 2. The molecule has 1 aromatic carbocycles. The third-order valence-corrected chi connectivity index (χ3v) is 7.52. The Kier molecular flexibility index (Phi) is 9.40. The molecule has 3 atom stereocenters. The van der Waals surface area contributed by atoms with Crippen LogP contribution in [-0.2, 0) is 15.8 Å². The largest absolute Gasteiger partial charge is 0.489 e. The van der Waals surface area contributed by atoms with E-state index in [0.717, 1.165) is 5.56 Å². The Morgan fingerprint density at radius 1 is 1.35 bits per heavy atom. The van der Waals surface area contributed by atoms with Crippen molar-refractivity contribution in [3.8, 4) is 5.75 Å². The molecule has 1 heterocycles. The van der Waals surface area contributed by atoms with Crippen LogP contribution in [-0.4, -0.2) is 50.7 Å². The van der Waals surface area contributed by atoms with Crippen molar-refractivity contribution in [2.75, 3.05) is 19.7 Å². The number of likely N-dealkylation sites (tertiary alicyclic amines) is 1. The number of rotatable bonds is 8. The predicted molar refractivity (Wildman–Crippen MR) is 127 cm³/mol. The van der Waals surface area contributed by atoms with Crippen LogP contribution in [0.15, 0.2) is 24.8 Å². The molecule has 6 nitrogen and oxygen atoms in total. The molecule has 2 rings (SSSR count). The first-order valence-electron chi connectivity index (χ1n) is 10.3. The van der Waals surface area contributed by atoms with E-state index in [1.807, 2.05) is 20.8 Å². The highest BCUT2D eigenvalue weighted by Crippen LogP contribution is 2.40. The minimum atomic E-state index is -1.34. The van der Waals surface area contributed by atoms with Gasteiger partial charge in [-0.1, -0.05) is 35.9 Å². The molecule has 31 heavy (non-hydrogen) atoms. The van der Waals surface area contributed by atoms with E-state index >= 15 is 0 Å². The molecule has 0 unspecified atom stereocenters. The number of benzene rings is 1. The lowest BCUT2D eigenvalue weighted by atomic mass is 9.85. The summed E-state index contributed by atoms with van der Waals surface area (Å²) in [5.74, 6) is 0.360. The molecule has 0 spiro atoms. The number of nitrogens with zero attached hydrogens (tertiary/aromatic N) is 1. The van der Waals surface area contributed by atoms with Crippen molar-refractivity contribution in [1.29, 1.82) is 0 Å². The molecule has 0 bridgehead atoms. The summed E-state index contributed by atoms with van der Waals surface area (Å²) in [7, 11) is -1.34. The molecule has 1 aromatic rings. The molecule has 174 valence electrons. The number of halogens is 2. The molecule has 1 aliphatic rings. The Hall–Kier alpha value is -1.12. The minimum Gasteiger partial charge on any atom is -0.489 e. The van der Waals surface area contributed by atoms with E-state index in [1.165, 1.54) is 6.92 Å². The third-order valence-electron chi connectivity index (χ3n) is 5.21. The summed E-state index contributed by atoms with van der Waals surface area (Å²) >= 11 is 12.6. The molecule has 2 N–H and O–H groups in total. The maximum atomic E-state index is 13.0. The van der Waals surface area contributed by atoms with E-state index in [1.54, 1.807) is 23.1 Å². The molecule has 0 saturated carbocycles. The number of carbonyl (C=O) groups is 1. The van der Waals surface area contributed by atoms with Crippen LogP contribution < -0.4 is 9.46 Å². The average Bonchev–Trinajstić information content (AvgIpc) is 2.71. The summed E-state index contributed by atoms with van der Waals surface area (Å²) in [6, 6.07) is 3.11. The van der Waals surface area contributed by atoms with E-state index in [0.29, 0.717) is 48.3 Å². The second-order valence-electron chi connectivity index (χ2n) is 8.72. The van der Waals surface area contributed by atoms with E-state index < -0.39 is 21.8 Å². The van der Waals surface area contributed by atoms with Crippen LogP contribution >= 0.6 is 23.2 Å². The van der Waals surface area contributed by atoms with Gasteiger partial charge in [0.2, 0.25) is 0 Å². The molecule has 0 radical (unpaired) electrons. The molecular formula is C22H32Cl2N2O4S. The lowest BCUT2D eigenvalue weighted by Gasteiger charge is -2.38. The topological polar surface area (TPSA) is 78.9 Å². The zero-order valence-electron chi connectivity index (χ0n) is 18.5. The number of aliphatic hydroxyl groups is 1. The summed E-state index contributed by atoms with van der Waals surface area (Å²) in [6.07, 6.45) is 1.98. The highest BCUT2D eigenvalue weighted by molar-refractivity contribution is 7.84. The molecule has 1 aliphatic heterocycles. The Morgan fingerprint density at radius 3 is 2.45 bits per heavy atom. The van der Waals surface area contributed by atoms with Crippen LogP contribution in [0.4, 0.5) is 0 Å². The van der Waals surface area contributed by atoms with Gasteiger partial charge < -0.3 is 14.7 Å². The van der Waals surface area contributed by atoms with Gasteiger partial charge in [-0.2, -0.15) is 0 Å². The van der Waals surface area contributed by atoms with Crippen molar-refractivity contribution < 1.29 is 18.8 Å². The number of nitrogens with one attached hydrogen (secondary N) is 1. The molecule has 0 aliphatic carbocycles. The lowest BCUT2D eigenvalue weighted by Crippen LogP contribution is -2.46. The quantitative estimate of drug-likeness (QED) is 0.533. The number of aliphatic hydroxyl groups excluding tert-OH is 1. The maximum absolute atomic E-state index is 13.0. The van der Waals surface area contributed by atoms with Crippen LogP contribution in [0.2, 0.25) is 10.0 Å². The van der Waals surface area contributed by atoms with Gasteiger partial charge in [0.25, 0.3) is 5.91 Å². The van der Waals surface area contributed by atoms with Crippen molar-refractivity contribution in [2.24, 2.45) is 5.92 Å². The Morgan fingerprint density at radius 2 is 1.94 bits per heavy atom. The first-order valence-corrected chi connectivity index (χ1v) is 12.2. The van der Waals surface area contributed by atoms with Crippen molar-refractivity contribution in [3.63, 3.8) is 0 Å². The predicted octanol–water partition coefficient (Wildman–Crippen LogP) is 4.27. The van der Waals surface area contributed by atoms with Crippen LogP contribution in [0, 0.1) is 5.92 Å². The van der Waals surface area contributed by atoms with E-state index in [4.69, 9.17) is 27.9 Å². The highest BCUT2D eigenvalue weighted by Gasteiger charge is 2.35. The van der Waals surface area contributed by atoms with E-state index in [9.17, 15) is 14.1 Å². The van der Waals surface area contributed by atoms with Gasteiger partial charge in [-0.25, -0.2) is 8.93 Å². The number of amides is 1. The molecule has 1 saturated heterocycles. The second-order valence-corrected chi connectivity index (χ2v) is 11.5. The number of hydrogen-bond acceptors (Lipinski definition) is 4. The summed E-state index contributed by atoms with van der Waals surface area (Å²) in [5, 5.41) is 10.4. The van der Waals surface area contributed by atoms with Gasteiger partial charge in [0.05, 0.1) is 31.8 Å². The summed E-state index contributed by atoms with van der Waals surface area (Å²) in [5.41, 5.74) is 0.772. The van der Waals surface area contributed by atoms with E-state index in [2.05, 4.69) is 11.3 Å². The average molecular weight is 491 g/mol. The lowest BCUT2D eigenvalue weighted by molar-refractivity contribution is -0.140. The second kappa shape index (κ2) is 11.1. The zero-order chi connectivity index (χ0) is 23.3. The Bertz CT molecular complexity index is 818. The normalized spacial score (nSPS) is 18.4. The first-order chi connectivity index (χ1) is 14.5. The Balaban J connectivity index is 2.38. The summed E-state index contributed by atoms with van der Waals surface area (Å²) < 4.78 is 21.7. The van der Waals surface area contributed by atoms with Gasteiger partial charge in [0.1, 0.15) is 18.5 Å². The van der Waals surface area contributed by atoms with Crippen molar-refractivity contribution >= 4 is 40.1 Å². The third kappa shape index (κ3) is 6.93. The van der Waals surface area contributed by atoms with Crippen LogP contribution in [0.25, 0.3) is 0 Å². The first kappa shape index (κ1) is 26.1.